The van der Waals surface area contributed by atoms with Crippen LogP contribution in [0.25, 0.3) is 54.6 Å². The van der Waals surface area contributed by atoms with E-state index >= 15 is 0 Å². The van der Waals surface area contributed by atoms with Gasteiger partial charge in [0.15, 0.2) is 0 Å². The van der Waals surface area contributed by atoms with Gasteiger partial charge in [0.2, 0.25) is 6.71 Å². The summed E-state index contributed by atoms with van der Waals surface area (Å²) < 4.78 is 0. The summed E-state index contributed by atoms with van der Waals surface area (Å²) in [5.74, 6) is 0. The van der Waals surface area contributed by atoms with E-state index in [0.717, 1.165) is 0 Å². The summed E-state index contributed by atoms with van der Waals surface area (Å²) in [7, 11) is 0. The van der Waals surface area contributed by atoms with Crippen LogP contribution in [-0.2, 0) is 5.41 Å². The Bertz CT molecular complexity index is 2350. The standard InChI is InChI=1S/C43H31B/c1-43(2)37-19-11-12-20-39(37)44(31-15-7-4-8-16-31)42-36-26-22-29-21-24-34(35-25-23-30(27-38(42)43)41(36)40(29)35)33-18-10-9-17-32(33)28-13-5-3-6-14-28/h3-27H,1-2H3. The summed E-state index contributed by atoms with van der Waals surface area (Å²) >= 11 is 0. The third-order valence-electron chi connectivity index (χ3n) is 10.2. The average Bonchev–Trinajstić information content (AvgIpc) is 3.08. The van der Waals surface area contributed by atoms with Crippen molar-refractivity contribution >= 4 is 55.4 Å². The molecular formula is C43H31B. The number of fused-ring (bicyclic) bond motifs is 3. The van der Waals surface area contributed by atoms with Crippen molar-refractivity contribution in [3.8, 4) is 22.3 Å². The van der Waals surface area contributed by atoms with Crippen molar-refractivity contribution in [2.45, 2.75) is 19.3 Å². The molecule has 0 aliphatic carbocycles. The minimum absolute atomic E-state index is 0.110. The lowest BCUT2D eigenvalue weighted by Crippen LogP contribution is -2.60. The van der Waals surface area contributed by atoms with E-state index in [9.17, 15) is 0 Å². The second-order valence-electron chi connectivity index (χ2n) is 12.8. The van der Waals surface area contributed by atoms with E-state index in [0.29, 0.717) is 0 Å². The monoisotopic (exact) mass is 558 g/mol. The maximum absolute atomic E-state index is 2.51. The minimum Gasteiger partial charge on any atom is -0.0686 e. The molecule has 0 radical (unpaired) electrons. The molecule has 0 saturated carbocycles. The van der Waals surface area contributed by atoms with Crippen LogP contribution in [0.3, 0.4) is 0 Å². The smallest absolute Gasteiger partial charge is 0.0686 e. The highest BCUT2D eigenvalue weighted by Gasteiger charge is 2.41. The molecule has 1 aliphatic heterocycles. The molecule has 9 rings (SSSR count). The molecule has 0 aromatic heterocycles. The second kappa shape index (κ2) is 9.43. The van der Waals surface area contributed by atoms with Gasteiger partial charge in [-0.3, -0.25) is 0 Å². The van der Waals surface area contributed by atoms with Gasteiger partial charge in [0.25, 0.3) is 0 Å². The first-order valence-electron chi connectivity index (χ1n) is 15.7. The molecule has 0 fully saturated rings. The molecule has 0 N–H and O–H groups in total. The Kier molecular flexibility index (Phi) is 5.44. The van der Waals surface area contributed by atoms with E-state index in [1.807, 2.05) is 0 Å². The van der Waals surface area contributed by atoms with Crippen LogP contribution in [0, 0.1) is 0 Å². The Labute approximate surface area is 259 Å². The van der Waals surface area contributed by atoms with Crippen molar-refractivity contribution in [3.63, 3.8) is 0 Å². The van der Waals surface area contributed by atoms with Crippen molar-refractivity contribution < 1.29 is 0 Å². The molecule has 44 heavy (non-hydrogen) atoms. The molecule has 0 amide bonds. The van der Waals surface area contributed by atoms with E-state index < -0.39 is 0 Å². The summed E-state index contributed by atoms with van der Waals surface area (Å²) in [4.78, 5) is 0. The van der Waals surface area contributed by atoms with Gasteiger partial charge in [0.05, 0.1) is 0 Å². The first kappa shape index (κ1) is 25.4. The van der Waals surface area contributed by atoms with E-state index in [2.05, 4.69) is 166 Å². The van der Waals surface area contributed by atoms with Gasteiger partial charge in [0, 0.05) is 5.41 Å². The molecule has 1 heteroatoms. The first-order valence-corrected chi connectivity index (χ1v) is 15.7. The highest BCUT2D eigenvalue weighted by molar-refractivity contribution is 6.98. The van der Waals surface area contributed by atoms with E-state index in [4.69, 9.17) is 0 Å². The number of hydrogen-bond donors (Lipinski definition) is 0. The third-order valence-corrected chi connectivity index (χ3v) is 10.2. The van der Waals surface area contributed by atoms with Crippen molar-refractivity contribution in [2.75, 3.05) is 0 Å². The molecule has 1 heterocycles. The summed E-state index contributed by atoms with van der Waals surface area (Å²) in [5.41, 5.74) is 12.0. The van der Waals surface area contributed by atoms with Gasteiger partial charge in [-0.05, 0) is 65.7 Å². The zero-order valence-electron chi connectivity index (χ0n) is 25.0. The third kappa shape index (κ3) is 3.53. The van der Waals surface area contributed by atoms with Crippen LogP contribution in [-0.4, -0.2) is 6.71 Å². The molecular weight excluding hydrogens is 527 g/mol. The van der Waals surface area contributed by atoms with Gasteiger partial charge in [-0.25, -0.2) is 0 Å². The predicted octanol–water partition coefficient (Wildman–Crippen LogP) is 9.07. The van der Waals surface area contributed by atoms with Crippen LogP contribution in [0.15, 0.2) is 152 Å². The zero-order valence-corrected chi connectivity index (χ0v) is 25.0. The van der Waals surface area contributed by atoms with Gasteiger partial charge >= 0.3 is 0 Å². The van der Waals surface area contributed by atoms with Crippen molar-refractivity contribution in [1.29, 1.82) is 0 Å². The van der Waals surface area contributed by atoms with E-state index in [1.54, 1.807) is 0 Å². The van der Waals surface area contributed by atoms with Crippen LogP contribution < -0.4 is 16.4 Å². The maximum Gasteiger partial charge on any atom is 0.242 e. The Hall–Kier alpha value is -5.14. The lowest BCUT2D eigenvalue weighted by atomic mass is 9.31. The van der Waals surface area contributed by atoms with Gasteiger partial charge in [-0.2, -0.15) is 0 Å². The van der Waals surface area contributed by atoms with Crippen LogP contribution in [0.2, 0.25) is 0 Å². The largest absolute Gasteiger partial charge is 0.242 e. The molecule has 8 aromatic carbocycles. The molecule has 0 saturated heterocycles. The topological polar surface area (TPSA) is 0 Å². The molecule has 8 aromatic rings. The molecule has 206 valence electrons. The number of hydrogen-bond acceptors (Lipinski definition) is 0. The van der Waals surface area contributed by atoms with Crippen molar-refractivity contribution in [1.82, 2.24) is 0 Å². The fourth-order valence-corrected chi connectivity index (χ4v) is 8.16. The Balaban J connectivity index is 1.39. The normalized spacial score (nSPS) is 13.8. The number of rotatable bonds is 3. The summed E-state index contributed by atoms with van der Waals surface area (Å²) in [6.07, 6.45) is 0. The highest BCUT2D eigenvalue weighted by atomic mass is 14.3. The second-order valence-corrected chi connectivity index (χ2v) is 12.8. The van der Waals surface area contributed by atoms with E-state index in [1.165, 1.54) is 82.1 Å². The lowest BCUT2D eigenvalue weighted by Gasteiger charge is -2.40. The molecule has 0 spiro atoms. The van der Waals surface area contributed by atoms with Crippen LogP contribution in [0.4, 0.5) is 0 Å². The zero-order chi connectivity index (χ0) is 29.4. The fraction of sp³-hybridized carbons (Fsp3) is 0.0698. The Morgan fingerprint density at radius 2 is 1.07 bits per heavy atom. The highest BCUT2D eigenvalue weighted by Crippen LogP contribution is 2.44. The predicted molar refractivity (Wildman–Crippen MR) is 191 cm³/mol. The van der Waals surface area contributed by atoms with Gasteiger partial charge in [-0.15, -0.1) is 0 Å². The van der Waals surface area contributed by atoms with Crippen LogP contribution >= 0.6 is 0 Å². The summed E-state index contributed by atoms with van der Waals surface area (Å²) in [6, 6.07) is 56.5. The molecule has 0 nitrogen and oxygen atoms in total. The maximum atomic E-state index is 2.51. The number of benzene rings is 8. The lowest BCUT2D eigenvalue weighted by molar-refractivity contribution is 0.647. The Morgan fingerprint density at radius 1 is 0.455 bits per heavy atom. The van der Waals surface area contributed by atoms with Gasteiger partial charge in [-0.1, -0.05) is 182 Å². The fourth-order valence-electron chi connectivity index (χ4n) is 8.16. The average molecular weight is 559 g/mol. The molecule has 1 aliphatic rings. The van der Waals surface area contributed by atoms with Crippen LogP contribution in [0.1, 0.15) is 25.0 Å². The van der Waals surface area contributed by atoms with Crippen LogP contribution in [0.5, 0.6) is 0 Å². The van der Waals surface area contributed by atoms with Gasteiger partial charge in [0.1, 0.15) is 0 Å². The van der Waals surface area contributed by atoms with E-state index in [-0.39, 0.29) is 12.1 Å². The molecule has 0 atom stereocenters. The SMILES string of the molecule is CC1(C)c2ccccc2B(c2ccccc2)c2c1cc1ccc3c(-c4ccccc4-c4ccccc4)ccc4ccc2c1c43. The molecule has 0 unspecified atom stereocenters. The van der Waals surface area contributed by atoms with Gasteiger partial charge < -0.3 is 0 Å². The van der Waals surface area contributed by atoms with Crippen molar-refractivity contribution in [2.24, 2.45) is 0 Å². The molecule has 0 bridgehead atoms. The first-order chi connectivity index (χ1) is 21.6. The summed E-state index contributed by atoms with van der Waals surface area (Å²) in [5, 5.41) is 8.06. The van der Waals surface area contributed by atoms with Crippen molar-refractivity contribution in [3.05, 3.63) is 163 Å². The quantitative estimate of drug-likeness (QED) is 0.150. The Morgan fingerprint density at radius 3 is 1.89 bits per heavy atom. The summed E-state index contributed by atoms with van der Waals surface area (Å²) in [6.45, 7) is 4.99. The minimum atomic E-state index is -0.110.